The highest BCUT2D eigenvalue weighted by atomic mass is 79.9. The second kappa shape index (κ2) is 5.62. The van der Waals surface area contributed by atoms with Crippen molar-refractivity contribution in [2.75, 3.05) is 12.4 Å². The summed E-state index contributed by atoms with van der Waals surface area (Å²) in [5.74, 6) is 0.772. The van der Waals surface area contributed by atoms with Crippen molar-refractivity contribution in [1.82, 2.24) is 0 Å². The van der Waals surface area contributed by atoms with Crippen molar-refractivity contribution in [3.8, 4) is 11.8 Å². The van der Waals surface area contributed by atoms with E-state index in [1.807, 2.05) is 25.1 Å². The summed E-state index contributed by atoms with van der Waals surface area (Å²) < 4.78 is 6.04. The van der Waals surface area contributed by atoms with Crippen molar-refractivity contribution in [2.45, 2.75) is 19.4 Å². The number of hydrogen-bond donors (Lipinski definition) is 1. The van der Waals surface area contributed by atoms with E-state index in [0.717, 1.165) is 22.3 Å². The van der Waals surface area contributed by atoms with Crippen LogP contribution in [0.1, 0.15) is 13.3 Å². The number of benzene rings is 1. The first-order valence-corrected chi connectivity index (χ1v) is 5.50. The molecule has 0 aliphatic carbocycles. The fourth-order valence-corrected chi connectivity index (χ4v) is 1.52. The Kier molecular flexibility index (Phi) is 4.44. The van der Waals surface area contributed by atoms with Crippen molar-refractivity contribution < 1.29 is 4.74 Å². The molecule has 1 N–H and O–H groups in total. The second-order valence-corrected chi connectivity index (χ2v) is 3.93. The Morgan fingerprint density at radius 1 is 1.60 bits per heavy atom. The molecular weight excluding hydrogens is 256 g/mol. The van der Waals surface area contributed by atoms with Crippen LogP contribution < -0.4 is 10.1 Å². The molecule has 1 unspecified atom stereocenters. The van der Waals surface area contributed by atoms with E-state index in [1.54, 1.807) is 7.11 Å². The Bertz CT molecular complexity index is 373. The summed E-state index contributed by atoms with van der Waals surface area (Å²) in [6.07, 6.45) is 0.764. The van der Waals surface area contributed by atoms with Gasteiger partial charge < -0.3 is 10.1 Å². The third-order valence-electron chi connectivity index (χ3n) is 2.07. The quantitative estimate of drug-likeness (QED) is 0.913. The highest BCUT2D eigenvalue weighted by Gasteiger charge is 2.07. The van der Waals surface area contributed by atoms with Gasteiger partial charge in [0, 0.05) is 10.5 Å². The minimum Gasteiger partial charge on any atom is -0.497 e. The van der Waals surface area contributed by atoms with Crippen molar-refractivity contribution >= 4 is 21.6 Å². The van der Waals surface area contributed by atoms with Gasteiger partial charge in [-0.25, -0.2) is 0 Å². The standard InChI is InChI=1S/C11H13BrN2O/c1-3-8(7-13)14-11-6-9(15-2)4-5-10(11)12/h4-6,8,14H,3H2,1-2H3. The average molecular weight is 269 g/mol. The van der Waals surface area contributed by atoms with Gasteiger partial charge in [0.25, 0.3) is 0 Å². The van der Waals surface area contributed by atoms with Crippen molar-refractivity contribution in [1.29, 1.82) is 5.26 Å². The van der Waals surface area contributed by atoms with Crippen LogP contribution in [0.2, 0.25) is 0 Å². The van der Waals surface area contributed by atoms with Crippen LogP contribution in [0.4, 0.5) is 5.69 Å². The fourth-order valence-electron chi connectivity index (χ4n) is 1.16. The van der Waals surface area contributed by atoms with Gasteiger partial charge in [0.15, 0.2) is 0 Å². The molecule has 0 bridgehead atoms. The van der Waals surface area contributed by atoms with Gasteiger partial charge in [0.05, 0.1) is 18.9 Å². The predicted octanol–water partition coefficient (Wildman–Crippen LogP) is 3.17. The van der Waals surface area contributed by atoms with E-state index in [1.165, 1.54) is 0 Å². The summed E-state index contributed by atoms with van der Waals surface area (Å²) in [7, 11) is 1.62. The van der Waals surface area contributed by atoms with Crippen LogP contribution in [-0.4, -0.2) is 13.2 Å². The van der Waals surface area contributed by atoms with Gasteiger partial charge in [-0.2, -0.15) is 5.26 Å². The van der Waals surface area contributed by atoms with Crippen LogP contribution in [0.3, 0.4) is 0 Å². The molecule has 0 fully saturated rings. The molecule has 0 spiro atoms. The van der Waals surface area contributed by atoms with Crippen molar-refractivity contribution in [3.63, 3.8) is 0 Å². The zero-order chi connectivity index (χ0) is 11.3. The minimum atomic E-state index is -0.173. The zero-order valence-corrected chi connectivity index (χ0v) is 10.3. The lowest BCUT2D eigenvalue weighted by atomic mass is 10.2. The summed E-state index contributed by atoms with van der Waals surface area (Å²) >= 11 is 3.42. The predicted molar refractivity (Wildman–Crippen MR) is 64.0 cm³/mol. The number of methoxy groups -OCH3 is 1. The number of rotatable bonds is 4. The van der Waals surface area contributed by atoms with Gasteiger partial charge in [0.2, 0.25) is 0 Å². The number of anilines is 1. The number of halogens is 1. The minimum absolute atomic E-state index is 0.173. The molecule has 0 saturated heterocycles. The van der Waals surface area contributed by atoms with E-state index in [4.69, 9.17) is 10.00 Å². The first-order valence-electron chi connectivity index (χ1n) is 4.71. The number of ether oxygens (including phenoxy) is 1. The summed E-state index contributed by atoms with van der Waals surface area (Å²) in [5.41, 5.74) is 0.878. The molecule has 0 heterocycles. The molecule has 0 aromatic heterocycles. The molecule has 0 radical (unpaired) electrons. The van der Waals surface area contributed by atoms with Gasteiger partial charge in [-0.05, 0) is 34.5 Å². The molecule has 1 aromatic carbocycles. The molecule has 80 valence electrons. The monoisotopic (exact) mass is 268 g/mol. The number of nitrogens with zero attached hydrogens (tertiary/aromatic N) is 1. The molecule has 1 rings (SSSR count). The molecular formula is C11H13BrN2O. The zero-order valence-electron chi connectivity index (χ0n) is 8.75. The van der Waals surface area contributed by atoms with Crippen LogP contribution >= 0.6 is 15.9 Å². The SMILES string of the molecule is CCC(C#N)Nc1cc(OC)ccc1Br. The summed E-state index contributed by atoms with van der Waals surface area (Å²) in [6.45, 7) is 1.97. The maximum absolute atomic E-state index is 8.85. The van der Waals surface area contributed by atoms with Crippen LogP contribution in [-0.2, 0) is 0 Å². The van der Waals surface area contributed by atoms with Crippen LogP contribution in [0.25, 0.3) is 0 Å². The highest BCUT2D eigenvalue weighted by molar-refractivity contribution is 9.10. The van der Waals surface area contributed by atoms with E-state index < -0.39 is 0 Å². The summed E-state index contributed by atoms with van der Waals surface area (Å²) in [6, 6.07) is 7.64. The molecule has 4 heteroatoms. The molecule has 0 saturated carbocycles. The highest BCUT2D eigenvalue weighted by Crippen LogP contribution is 2.27. The molecule has 3 nitrogen and oxygen atoms in total. The lowest BCUT2D eigenvalue weighted by molar-refractivity contribution is 0.415. The van der Waals surface area contributed by atoms with Gasteiger partial charge >= 0.3 is 0 Å². The van der Waals surface area contributed by atoms with E-state index in [9.17, 15) is 0 Å². The number of nitriles is 1. The second-order valence-electron chi connectivity index (χ2n) is 3.08. The first kappa shape index (κ1) is 11.9. The lowest BCUT2D eigenvalue weighted by Gasteiger charge is -2.13. The van der Waals surface area contributed by atoms with Crippen LogP contribution in [0.15, 0.2) is 22.7 Å². The summed E-state index contributed by atoms with van der Waals surface area (Å²) in [4.78, 5) is 0. The molecule has 0 aliphatic rings. The molecule has 0 amide bonds. The van der Waals surface area contributed by atoms with Crippen LogP contribution in [0.5, 0.6) is 5.75 Å². The lowest BCUT2D eigenvalue weighted by Crippen LogP contribution is -2.15. The Morgan fingerprint density at radius 3 is 2.87 bits per heavy atom. The van der Waals surface area contributed by atoms with E-state index >= 15 is 0 Å². The third-order valence-corrected chi connectivity index (χ3v) is 2.76. The summed E-state index contributed by atoms with van der Waals surface area (Å²) in [5, 5.41) is 12.0. The Morgan fingerprint density at radius 2 is 2.33 bits per heavy atom. The van der Waals surface area contributed by atoms with Crippen molar-refractivity contribution in [2.24, 2.45) is 0 Å². The van der Waals surface area contributed by atoms with Gasteiger partial charge in [-0.3, -0.25) is 0 Å². The number of hydrogen-bond acceptors (Lipinski definition) is 3. The molecule has 1 aromatic rings. The van der Waals surface area contributed by atoms with Gasteiger partial charge in [-0.15, -0.1) is 0 Å². The maximum atomic E-state index is 8.85. The Labute approximate surface area is 98.2 Å². The number of nitrogens with one attached hydrogen (secondary N) is 1. The van der Waals surface area contributed by atoms with Crippen molar-refractivity contribution in [3.05, 3.63) is 22.7 Å². The maximum Gasteiger partial charge on any atom is 0.121 e. The molecule has 15 heavy (non-hydrogen) atoms. The average Bonchev–Trinajstić information content (AvgIpc) is 2.28. The normalized spacial score (nSPS) is 11.6. The third kappa shape index (κ3) is 3.14. The first-order chi connectivity index (χ1) is 7.21. The van der Waals surface area contributed by atoms with Gasteiger partial charge in [-0.1, -0.05) is 6.92 Å². The topological polar surface area (TPSA) is 45.0 Å². The van der Waals surface area contributed by atoms with Gasteiger partial charge in [0.1, 0.15) is 11.8 Å². The molecule has 1 atom stereocenters. The Balaban J connectivity index is 2.88. The van der Waals surface area contributed by atoms with Crippen LogP contribution in [0, 0.1) is 11.3 Å². The van der Waals surface area contributed by atoms with E-state index in [2.05, 4.69) is 27.3 Å². The smallest absolute Gasteiger partial charge is 0.121 e. The fraction of sp³-hybridized carbons (Fsp3) is 0.364. The van der Waals surface area contributed by atoms with E-state index in [0.29, 0.717) is 0 Å². The van der Waals surface area contributed by atoms with E-state index in [-0.39, 0.29) is 6.04 Å². The Hall–Kier alpha value is -1.21. The molecule has 0 aliphatic heterocycles. The largest absolute Gasteiger partial charge is 0.497 e.